The Morgan fingerprint density at radius 1 is 1.00 bits per heavy atom. The summed E-state index contributed by atoms with van der Waals surface area (Å²) in [6, 6.07) is 1.72. The van der Waals surface area contributed by atoms with Crippen molar-refractivity contribution in [3.8, 4) is 0 Å². The minimum atomic E-state index is 0.826. The second-order valence-electron chi connectivity index (χ2n) is 5.12. The third kappa shape index (κ3) is 2.94. The highest BCUT2D eigenvalue weighted by molar-refractivity contribution is 4.84. The fourth-order valence-corrected chi connectivity index (χ4v) is 3.34. The van der Waals surface area contributed by atoms with E-state index >= 15 is 0 Å². The highest BCUT2D eigenvalue weighted by atomic mass is 15.2. The molecule has 1 atom stereocenters. The molecule has 0 radical (unpaired) electrons. The van der Waals surface area contributed by atoms with Crippen molar-refractivity contribution in [3.63, 3.8) is 0 Å². The number of nitrogens with one attached hydrogen (secondary N) is 1. The van der Waals surface area contributed by atoms with Gasteiger partial charge < -0.3 is 5.32 Å². The smallest absolute Gasteiger partial charge is 0.0223 e. The zero-order valence-corrected chi connectivity index (χ0v) is 10.2. The molecule has 2 aliphatic rings. The number of rotatable bonds is 3. The molecule has 2 rings (SSSR count). The van der Waals surface area contributed by atoms with Crippen molar-refractivity contribution in [2.24, 2.45) is 0 Å². The van der Waals surface area contributed by atoms with Crippen LogP contribution < -0.4 is 5.32 Å². The van der Waals surface area contributed by atoms with E-state index in [1.807, 2.05) is 0 Å². The molecule has 0 aromatic heterocycles. The standard InChI is InChI=1S/C13H26N2/c1-2-15(12-7-4-3-5-8-12)13-9-6-10-14-11-13/h12-14H,2-11H2,1H3/t13-/m1/s1. The van der Waals surface area contributed by atoms with Crippen molar-refractivity contribution in [2.45, 2.75) is 64.0 Å². The van der Waals surface area contributed by atoms with Gasteiger partial charge in [-0.2, -0.15) is 0 Å². The van der Waals surface area contributed by atoms with E-state index in [0.29, 0.717) is 0 Å². The zero-order valence-electron chi connectivity index (χ0n) is 10.2. The third-order valence-electron chi connectivity index (χ3n) is 4.15. The van der Waals surface area contributed by atoms with Crippen LogP contribution in [0.15, 0.2) is 0 Å². The molecule has 15 heavy (non-hydrogen) atoms. The van der Waals surface area contributed by atoms with Crippen molar-refractivity contribution in [2.75, 3.05) is 19.6 Å². The Morgan fingerprint density at radius 3 is 2.33 bits per heavy atom. The van der Waals surface area contributed by atoms with E-state index in [1.54, 1.807) is 0 Å². The Balaban J connectivity index is 1.88. The van der Waals surface area contributed by atoms with E-state index in [0.717, 1.165) is 12.1 Å². The molecule has 2 fully saturated rings. The summed E-state index contributed by atoms with van der Waals surface area (Å²) in [5.41, 5.74) is 0. The first-order chi connectivity index (χ1) is 7.42. The lowest BCUT2D eigenvalue weighted by Crippen LogP contribution is -2.50. The fraction of sp³-hybridized carbons (Fsp3) is 1.00. The molecule has 1 N–H and O–H groups in total. The summed E-state index contributed by atoms with van der Waals surface area (Å²) in [6.07, 6.45) is 10.1. The fourth-order valence-electron chi connectivity index (χ4n) is 3.34. The summed E-state index contributed by atoms with van der Waals surface area (Å²) >= 11 is 0. The van der Waals surface area contributed by atoms with Crippen LogP contribution in [0.2, 0.25) is 0 Å². The Hall–Kier alpha value is -0.0800. The maximum atomic E-state index is 3.55. The van der Waals surface area contributed by atoms with Crippen LogP contribution in [0.4, 0.5) is 0 Å². The minimum absolute atomic E-state index is 0.826. The minimum Gasteiger partial charge on any atom is -0.315 e. The molecular formula is C13H26N2. The van der Waals surface area contributed by atoms with E-state index < -0.39 is 0 Å². The third-order valence-corrected chi connectivity index (χ3v) is 4.15. The quantitative estimate of drug-likeness (QED) is 0.769. The van der Waals surface area contributed by atoms with Crippen LogP contribution in [0, 0.1) is 0 Å². The molecule has 1 aliphatic heterocycles. The molecular weight excluding hydrogens is 184 g/mol. The Kier molecular flexibility index (Phi) is 4.45. The van der Waals surface area contributed by atoms with E-state index in [1.165, 1.54) is 64.6 Å². The van der Waals surface area contributed by atoms with Crippen molar-refractivity contribution < 1.29 is 0 Å². The normalized spacial score (nSPS) is 29.6. The van der Waals surface area contributed by atoms with Crippen LogP contribution in [-0.4, -0.2) is 36.6 Å². The molecule has 1 saturated heterocycles. The Labute approximate surface area is 94.4 Å². The highest BCUT2D eigenvalue weighted by Gasteiger charge is 2.27. The second-order valence-corrected chi connectivity index (χ2v) is 5.12. The lowest BCUT2D eigenvalue weighted by molar-refractivity contribution is 0.0939. The highest BCUT2D eigenvalue weighted by Crippen LogP contribution is 2.25. The van der Waals surface area contributed by atoms with E-state index in [9.17, 15) is 0 Å². The van der Waals surface area contributed by atoms with Gasteiger partial charge in [-0.1, -0.05) is 26.2 Å². The number of hydrogen-bond acceptors (Lipinski definition) is 2. The molecule has 2 nitrogen and oxygen atoms in total. The Morgan fingerprint density at radius 2 is 1.73 bits per heavy atom. The van der Waals surface area contributed by atoms with Crippen LogP contribution in [0.25, 0.3) is 0 Å². The van der Waals surface area contributed by atoms with Gasteiger partial charge in [0.1, 0.15) is 0 Å². The van der Waals surface area contributed by atoms with Gasteiger partial charge in [0.15, 0.2) is 0 Å². The molecule has 0 spiro atoms. The van der Waals surface area contributed by atoms with Gasteiger partial charge in [0, 0.05) is 18.6 Å². The largest absolute Gasteiger partial charge is 0.315 e. The van der Waals surface area contributed by atoms with Crippen molar-refractivity contribution in [1.29, 1.82) is 0 Å². The Bertz CT molecular complexity index is 151. The average molecular weight is 210 g/mol. The molecule has 88 valence electrons. The number of hydrogen-bond donors (Lipinski definition) is 1. The van der Waals surface area contributed by atoms with Gasteiger partial charge in [0.05, 0.1) is 0 Å². The van der Waals surface area contributed by atoms with E-state index in [-0.39, 0.29) is 0 Å². The first-order valence-electron chi connectivity index (χ1n) is 6.88. The second kappa shape index (κ2) is 5.86. The molecule has 2 heteroatoms. The van der Waals surface area contributed by atoms with Crippen LogP contribution >= 0.6 is 0 Å². The van der Waals surface area contributed by atoms with Crippen LogP contribution in [0.3, 0.4) is 0 Å². The van der Waals surface area contributed by atoms with E-state index in [2.05, 4.69) is 17.1 Å². The molecule has 0 aromatic carbocycles. The maximum Gasteiger partial charge on any atom is 0.0223 e. The first kappa shape index (κ1) is 11.4. The summed E-state index contributed by atoms with van der Waals surface area (Å²) in [5.74, 6) is 0. The summed E-state index contributed by atoms with van der Waals surface area (Å²) in [4.78, 5) is 2.78. The predicted octanol–water partition coefficient (Wildman–Crippen LogP) is 2.39. The average Bonchev–Trinajstić information content (AvgIpc) is 2.33. The van der Waals surface area contributed by atoms with Crippen molar-refractivity contribution in [1.82, 2.24) is 10.2 Å². The molecule has 0 amide bonds. The molecule has 0 bridgehead atoms. The summed E-state index contributed by atoms with van der Waals surface area (Å²) < 4.78 is 0. The van der Waals surface area contributed by atoms with Gasteiger partial charge >= 0.3 is 0 Å². The zero-order chi connectivity index (χ0) is 10.5. The van der Waals surface area contributed by atoms with Gasteiger partial charge in [0.2, 0.25) is 0 Å². The molecule has 0 aromatic rings. The number of likely N-dealkylation sites (N-methyl/N-ethyl adjacent to an activating group) is 1. The van der Waals surface area contributed by atoms with Gasteiger partial charge in [-0.25, -0.2) is 0 Å². The van der Waals surface area contributed by atoms with Gasteiger partial charge in [0.25, 0.3) is 0 Å². The summed E-state index contributed by atoms with van der Waals surface area (Å²) in [6.45, 7) is 6.04. The SMILES string of the molecule is CCN(C1CCCCC1)[C@@H]1CCCNC1. The van der Waals surface area contributed by atoms with Crippen LogP contribution in [-0.2, 0) is 0 Å². The molecule has 1 heterocycles. The maximum absolute atomic E-state index is 3.55. The van der Waals surface area contributed by atoms with E-state index in [4.69, 9.17) is 0 Å². The van der Waals surface area contributed by atoms with Gasteiger partial charge in [-0.15, -0.1) is 0 Å². The van der Waals surface area contributed by atoms with Crippen LogP contribution in [0.1, 0.15) is 51.9 Å². The monoisotopic (exact) mass is 210 g/mol. The molecule has 1 saturated carbocycles. The molecule has 0 unspecified atom stereocenters. The lowest BCUT2D eigenvalue weighted by atomic mass is 9.92. The molecule has 1 aliphatic carbocycles. The first-order valence-corrected chi connectivity index (χ1v) is 6.88. The van der Waals surface area contributed by atoms with Gasteiger partial charge in [-0.05, 0) is 38.8 Å². The lowest BCUT2D eigenvalue weighted by Gasteiger charge is -2.41. The van der Waals surface area contributed by atoms with Gasteiger partial charge in [-0.3, -0.25) is 4.90 Å². The van der Waals surface area contributed by atoms with Crippen molar-refractivity contribution >= 4 is 0 Å². The number of nitrogens with zero attached hydrogens (tertiary/aromatic N) is 1. The topological polar surface area (TPSA) is 15.3 Å². The van der Waals surface area contributed by atoms with Crippen LogP contribution in [0.5, 0.6) is 0 Å². The summed E-state index contributed by atoms with van der Waals surface area (Å²) in [7, 11) is 0. The number of piperidine rings is 1. The van der Waals surface area contributed by atoms with Crippen molar-refractivity contribution in [3.05, 3.63) is 0 Å². The summed E-state index contributed by atoms with van der Waals surface area (Å²) in [5, 5.41) is 3.55. The predicted molar refractivity (Wildman–Crippen MR) is 65.1 cm³/mol.